The van der Waals surface area contributed by atoms with Crippen molar-refractivity contribution in [2.75, 3.05) is 13.1 Å². The first-order valence-electron chi connectivity index (χ1n) is 8.27. The zero-order valence-corrected chi connectivity index (χ0v) is 13.1. The number of nitrogens with one attached hydrogen (secondary N) is 1. The molecule has 0 saturated heterocycles. The smallest absolute Gasteiger partial charge is 0.317 e. The standard InChI is InChI=1S/C16H33NO3/c1-2-3-4-5-6-7-8-9-10-11-15(18)12-13-17-14-16(19)20/h15,17-18H,2-14H2,1H3,(H,19,20). The lowest BCUT2D eigenvalue weighted by molar-refractivity contribution is -0.136. The van der Waals surface area contributed by atoms with Crippen LogP contribution in [0.3, 0.4) is 0 Å². The molecule has 0 aromatic rings. The van der Waals surface area contributed by atoms with Crippen LogP contribution >= 0.6 is 0 Å². The van der Waals surface area contributed by atoms with Crippen molar-refractivity contribution >= 4 is 5.97 Å². The molecule has 0 aliphatic rings. The molecule has 120 valence electrons. The fourth-order valence-electron chi connectivity index (χ4n) is 2.30. The molecule has 4 nitrogen and oxygen atoms in total. The van der Waals surface area contributed by atoms with E-state index in [1.54, 1.807) is 0 Å². The number of aliphatic hydroxyl groups is 1. The summed E-state index contributed by atoms with van der Waals surface area (Å²) in [5.74, 6) is -0.849. The molecule has 1 atom stereocenters. The summed E-state index contributed by atoms with van der Waals surface area (Å²) in [5, 5.41) is 21.0. The van der Waals surface area contributed by atoms with Crippen LogP contribution in [-0.2, 0) is 4.79 Å². The predicted octanol–water partition coefficient (Wildman–Crippen LogP) is 3.33. The third-order valence-corrected chi connectivity index (χ3v) is 3.57. The molecular weight excluding hydrogens is 254 g/mol. The largest absolute Gasteiger partial charge is 0.480 e. The molecular formula is C16H33NO3. The Hall–Kier alpha value is -0.610. The zero-order chi connectivity index (χ0) is 15.1. The highest BCUT2D eigenvalue weighted by atomic mass is 16.4. The lowest BCUT2D eigenvalue weighted by Crippen LogP contribution is -2.26. The molecule has 0 rings (SSSR count). The van der Waals surface area contributed by atoms with E-state index in [0.717, 1.165) is 12.8 Å². The van der Waals surface area contributed by atoms with Crippen LogP contribution in [0.25, 0.3) is 0 Å². The Morgan fingerprint density at radius 3 is 2.05 bits per heavy atom. The van der Waals surface area contributed by atoms with Crippen molar-refractivity contribution in [2.24, 2.45) is 0 Å². The third kappa shape index (κ3) is 15.4. The number of carboxylic acid groups (broad SMARTS) is 1. The van der Waals surface area contributed by atoms with Gasteiger partial charge in [-0.15, -0.1) is 0 Å². The summed E-state index contributed by atoms with van der Waals surface area (Å²) in [7, 11) is 0. The van der Waals surface area contributed by atoms with Gasteiger partial charge in [0.15, 0.2) is 0 Å². The summed E-state index contributed by atoms with van der Waals surface area (Å²) in [4.78, 5) is 10.3. The molecule has 3 N–H and O–H groups in total. The van der Waals surface area contributed by atoms with E-state index in [4.69, 9.17) is 5.11 Å². The minimum absolute atomic E-state index is 0.0231. The van der Waals surface area contributed by atoms with E-state index in [1.165, 1.54) is 51.4 Å². The van der Waals surface area contributed by atoms with E-state index in [0.29, 0.717) is 13.0 Å². The van der Waals surface area contributed by atoms with Crippen LogP contribution in [0.5, 0.6) is 0 Å². The lowest BCUT2D eigenvalue weighted by Gasteiger charge is -2.10. The number of rotatable bonds is 15. The van der Waals surface area contributed by atoms with Crippen LogP contribution in [0.15, 0.2) is 0 Å². The van der Waals surface area contributed by atoms with Crippen LogP contribution in [0.1, 0.15) is 77.6 Å². The average Bonchev–Trinajstić information content (AvgIpc) is 2.41. The van der Waals surface area contributed by atoms with E-state index in [2.05, 4.69) is 12.2 Å². The maximum atomic E-state index is 10.3. The second-order valence-corrected chi connectivity index (χ2v) is 5.63. The van der Waals surface area contributed by atoms with Gasteiger partial charge in [-0.05, 0) is 19.4 Å². The summed E-state index contributed by atoms with van der Waals surface area (Å²) in [6, 6.07) is 0. The second-order valence-electron chi connectivity index (χ2n) is 5.63. The Kier molecular flexibility index (Phi) is 14.3. The van der Waals surface area contributed by atoms with Crippen LogP contribution in [0.2, 0.25) is 0 Å². The van der Waals surface area contributed by atoms with E-state index in [9.17, 15) is 9.90 Å². The minimum Gasteiger partial charge on any atom is -0.480 e. The van der Waals surface area contributed by atoms with Gasteiger partial charge in [-0.3, -0.25) is 4.79 Å². The van der Waals surface area contributed by atoms with Gasteiger partial charge in [-0.1, -0.05) is 64.7 Å². The molecule has 0 fully saturated rings. The molecule has 0 saturated carbocycles. The molecule has 1 unspecified atom stereocenters. The molecule has 0 aliphatic carbocycles. The molecule has 20 heavy (non-hydrogen) atoms. The first-order valence-corrected chi connectivity index (χ1v) is 8.27. The normalized spacial score (nSPS) is 12.5. The van der Waals surface area contributed by atoms with Crippen molar-refractivity contribution in [3.8, 4) is 0 Å². The summed E-state index contributed by atoms with van der Waals surface area (Å²) in [6.07, 6.45) is 12.8. The minimum atomic E-state index is -0.849. The Morgan fingerprint density at radius 1 is 0.950 bits per heavy atom. The molecule has 0 spiro atoms. The van der Waals surface area contributed by atoms with Crippen molar-refractivity contribution < 1.29 is 15.0 Å². The summed E-state index contributed by atoms with van der Waals surface area (Å²) in [5.41, 5.74) is 0. The number of hydrogen-bond donors (Lipinski definition) is 3. The first-order chi connectivity index (χ1) is 9.66. The quantitative estimate of drug-likeness (QED) is 0.404. The molecule has 0 aliphatic heterocycles. The summed E-state index contributed by atoms with van der Waals surface area (Å²) in [6.45, 7) is 2.79. The second kappa shape index (κ2) is 14.8. The van der Waals surface area contributed by atoms with Gasteiger partial charge in [-0.2, -0.15) is 0 Å². The van der Waals surface area contributed by atoms with Gasteiger partial charge in [-0.25, -0.2) is 0 Å². The average molecular weight is 287 g/mol. The number of hydrogen-bond acceptors (Lipinski definition) is 3. The molecule has 4 heteroatoms. The number of aliphatic hydroxyl groups excluding tert-OH is 1. The molecule has 0 bridgehead atoms. The summed E-state index contributed by atoms with van der Waals surface area (Å²) < 4.78 is 0. The van der Waals surface area contributed by atoms with Crippen molar-refractivity contribution in [3.05, 3.63) is 0 Å². The molecule has 0 aromatic carbocycles. The third-order valence-electron chi connectivity index (χ3n) is 3.57. The number of carbonyl (C=O) groups is 1. The number of carboxylic acids is 1. The summed E-state index contributed by atoms with van der Waals surface area (Å²) >= 11 is 0. The van der Waals surface area contributed by atoms with Gasteiger partial charge in [0.1, 0.15) is 0 Å². The van der Waals surface area contributed by atoms with E-state index in [1.807, 2.05) is 0 Å². The maximum absolute atomic E-state index is 10.3. The highest BCUT2D eigenvalue weighted by molar-refractivity contribution is 5.68. The van der Waals surface area contributed by atoms with Gasteiger partial charge in [0.25, 0.3) is 0 Å². The van der Waals surface area contributed by atoms with Crippen molar-refractivity contribution in [3.63, 3.8) is 0 Å². The Labute approximate surface area is 124 Å². The zero-order valence-electron chi connectivity index (χ0n) is 13.1. The Balaban J connectivity index is 3.15. The topological polar surface area (TPSA) is 69.6 Å². The molecule has 0 heterocycles. The molecule has 0 aromatic heterocycles. The lowest BCUT2D eigenvalue weighted by atomic mass is 10.0. The monoisotopic (exact) mass is 287 g/mol. The van der Waals surface area contributed by atoms with E-state index >= 15 is 0 Å². The maximum Gasteiger partial charge on any atom is 0.317 e. The van der Waals surface area contributed by atoms with E-state index in [-0.39, 0.29) is 12.6 Å². The Bertz CT molecular complexity index is 222. The molecule has 0 radical (unpaired) electrons. The van der Waals surface area contributed by atoms with Gasteiger partial charge < -0.3 is 15.5 Å². The van der Waals surface area contributed by atoms with Crippen LogP contribution < -0.4 is 5.32 Å². The van der Waals surface area contributed by atoms with Crippen molar-refractivity contribution in [2.45, 2.75) is 83.7 Å². The highest BCUT2D eigenvalue weighted by Crippen LogP contribution is 2.12. The number of unbranched alkanes of at least 4 members (excludes halogenated alkanes) is 8. The van der Waals surface area contributed by atoms with Gasteiger partial charge in [0.2, 0.25) is 0 Å². The van der Waals surface area contributed by atoms with Crippen LogP contribution in [-0.4, -0.2) is 35.4 Å². The fraction of sp³-hybridized carbons (Fsp3) is 0.938. The van der Waals surface area contributed by atoms with Crippen LogP contribution in [0.4, 0.5) is 0 Å². The fourth-order valence-corrected chi connectivity index (χ4v) is 2.30. The molecule has 0 amide bonds. The SMILES string of the molecule is CCCCCCCCCCCC(O)CCNCC(=O)O. The van der Waals surface area contributed by atoms with Crippen molar-refractivity contribution in [1.29, 1.82) is 0 Å². The first kappa shape index (κ1) is 19.4. The number of aliphatic carboxylic acids is 1. The van der Waals surface area contributed by atoms with Crippen LogP contribution in [0, 0.1) is 0 Å². The Morgan fingerprint density at radius 2 is 1.50 bits per heavy atom. The van der Waals surface area contributed by atoms with E-state index < -0.39 is 5.97 Å². The predicted molar refractivity (Wildman–Crippen MR) is 83.0 cm³/mol. The highest BCUT2D eigenvalue weighted by Gasteiger charge is 2.04. The van der Waals surface area contributed by atoms with Crippen molar-refractivity contribution in [1.82, 2.24) is 5.32 Å². The van der Waals surface area contributed by atoms with Gasteiger partial charge in [0.05, 0.1) is 12.6 Å². The van der Waals surface area contributed by atoms with Gasteiger partial charge in [0, 0.05) is 0 Å². The van der Waals surface area contributed by atoms with Gasteiger partial charge >= 0.3 is 5.97 Å².